The smallest absolute Gasteiger partial charge is 0.258 e. The fraction of sp³-hybridized carbons (Fsp3) is 0.316. The number of aromatic nitrogens is 3. The van der Waals surface area contributed by atoms with Crippen molar-refractivity contribution < 1.29 is 17.7 Å². The highest BCUT2D eigenvalue weighted by molar-refractivity contribution is 7.89. The summed E-state index contributed by atoms with van der Waals surface area (Å²) in [5, 5.41) is 4.01. The second-order valence-electron chi connectivity index (χ2n) is 6.56. The summed E-state index contributed by atoms with van der Waals surface area (Å²) in [4.78, 5) is 8.37. The lowest BCUT2D eigenvalue weighted by molar-refractivity contribution is 0.0762. The quantitative estimate of drug-likeness (QED) is 0.601. The molecule has 1 aliphatic rings. The average molecular weight is 400 g/mol. The van der Waals surface area contributed by atoms with Crippen LogP contribution < -0.4 is 4.74 Å². The van der Waals surface area contributed by atoms with Crippen LogP contribution in [0.2, 0.25) is 0 Å². The van der Waals surface area contributed by atoms with Gasteiger partial charge in [0, 0.05) is 23.5 Å². The maximum Gasteiger partial charge on any atom is 0.258 e. The number of benzene rings is 1. The Hall–Kier alpha value is -2.78. The molecule has 0 N–H and O–H groups in total. The number of pyridine rings is 1. The molecule has 0 bridgehead atoms. The minimum atomic E-state index is -3.14. The van der Waals surface area contributed by atoms with Crippen LogP contribution in [-0.2, 0) is 10.0 Å². The van der Waals surface area contributed by atoms with E-state index in [2.05, 4.69) is 15.1 Å². The molecular weight excluding hydrogens is 380 g/mol. The van der Waals surface area contributed by atoms with E-state index >= 15 is 0 Å². The van der Waals surface area contributed by atoms with E-state index in [0.717, 1.165) is 11.1 Å². The van der Waals surface area contributed by atoms with E-state index in [0.29, 0.717) is 37.0 Å². The molecule has 9 heteroatoms. The monoisotopic (exact) mass is 400 g/mol. The van der Waals surface area contributed by atoms with E-state index < -0.39 is 10.0 Å². The zero-order valence-corrected chi connectivity index (χ0v) is 16.2. The first-order chi connectivity index (χ1) is 13.5. The van der Waals surface area contributed by atoms with Gasteiger partial charge in [-0.25, -0.2) is 8.42 Å². The molecule has 2 aromatic heterocycles. The Morgan fingerprint density at radius 3 is 2.50 bits per heavy atom. The van der Waals surface area contributed by atoms with Crippen molar-refractivity contribution in [3.05, 3.63) is 48.8 Å². The van der Waals surface area contributed by atoms with Crippen LogP contribution in [0.4, 0.5) is 0 Å². The van der Waals surface area contributed by atoms with Crippen LogP contribution in [0.3, 0.4) is 0 Å². The summed E-state index contributed by atoms with van der Waals surface area (Å²) in [5.74, 6) is 1.78. The van der Waals surface area contributed by atoms with Crippen LogP contribution in [0.5, 0.6) is 5.75 Å². The van der Waals surface area contributed by atoms with Crippen molar-refractivity contribution in [1.82, 2.24) is 19.4 Å². The van der Waals surface area contributed by atoms with E-state index in [9.17, 15) is 8.42 Å². The summed E-state index contributed by atoms with van der Waals surface area (Å²) in [5.41, 5.74) is 1.61. The molecule has 1 saturated heterocycles. The highest BCUT2D eigenvalue weighted by Crippen LogP contribution is 2.25. The van der Waals surface area contributed by atoms with Crippen molar-refractivity contribution in [3.63, 3.8) is 0 Å². The van der Waals surface area contributed by atoms with Crippen LogP contribution in [0, 0.1) is 0 Å². The van der Waals surface area contributed by atoms with Crippen LogP contribution >= 0.6 is 0 Å². The first-order valence-corrected chi connectivity index (χ1v) is 10.6. The van der Waals surface area contributed by atoms with Gasteiger partial charge in [0.25, 0.3) is 5.89 Å². The predicted octanol–water partition coefficient (Wildman–Crippen LogP) is 2.60. The van der Waals surface area contributed by atoms with E-state index in [1.54, 1.807) is 24.5 Å². The van der Waals surface area contributed by atoms with Crippen molar-refractivity contribution >= 4 is 10.0 Å². The summed E-state index contributed by atoms with van der Waals surface area (Å²) < 4.78 is 36.5. The minimum absolute atomic E-state index is 0.124. The third-order valence-corrected chi connectivity index (χ3v) is 6.45. The third kappa shape index (κ3) is 3.90. The summed E-state index contributed by atoms with van der Waals surface area (Å²) in [6.45, 7) is 2.64. The SMILES string of the molecule is CCCS(=O)(=O)N1CC(Oc2ccc(-c3noc(-c4ccncc4)n3)cc2)C1. The second kappa shape index (κ2) is 7.69. The van der Waals surface area contributed by atoms with Gasteiger partial charge in [0.1, 0.15) is 11.9 Å². The average Bonchev–Trinajstić information content (AvgIpc) is 3.15. The van der Waals surface area contributed by atoms with Gasteiger partial charge < -0.3 is 9.26 Å². The molecule has 1 fully saturated rings. The van der Waals surface area contributed by atoms with E-state index in [1.807, 2.05) is 31.2 Å². The van der Waals surface area contributed by atoms with Crippen LogP contribution in [-0.4, -0.2) is 52.8 Å². The summed E-state index contributed by atoms with van der Waals surface area (Å²) in [6, 6.07) is 10.9. The van der Waals surface area contributed by atoms with Gasteiger partial charge in [-0.3, -0.25) is 4.98 Å². The Kier molecular flexibility index (Phi) is 5.10. The van der Waals surface area contributed by atoms with Gasteiger partial charge in [0.2, 0.25) is 15.8 Å². The van der Waals surface area contributed by atoms with E-state index in [1.165, 1.54) is 4.31 Å². The molecule has 3 aromatic rings. The highest BCUT2D eigenvalue weighted by Gasteiger charge is 2.36. The normalized spacial score (nSPS) is 15.3. The van der Waals surface area contributed by atoms with Crippen molar-refractivity contribution in [2.24, 2.45) is 0 Å². The van der Waals surface area contributed by atoms with Gasteiger partial charge >= 0.3 is 0 Å². The lowest BCUT2D eigenvalue weighted by atomic mass is 10.2. The number of ether oxygens (including phenoxy) is 1. The number of hydrogen-bond donors (Lipinski definition) is 0. The van der Waals surface area contributed by atoms with E-state index in [-0.39, 0.29) is 11.9 Å². The number of nitrogens with zero attached hydrogens (tertiary/aromatic N) is 4. The van der Waals surface area contributed by atoms with Crippen molar-refractivity contribution in [1.29, 1.82) is 0 Å². The van der Waals surface area contributed by atoms with Gasteiger partial charge in [0.15, 0.2) is 0 Å². The fourth-order valence-corrected chi connectivity index (χ4v) is 4.48. The first-order valence-electron chi connectivity index (χ1n) is 9.04. The molecule has 1 aromatic carbocycles. The molecule has 146 valence electrons. The topological polar surface area (TPSA) is 98.4 Å². The van der Waals surface area contributed by atoms with Gasteiger partial charge in [0.05, 0.1) is 18.8 Å². The van der Waals surface area contributed by atoms with Crippen LogP contribution in [0.1, 0.15) is 13.3 Å². The third-order valence-electron chi connectivity index (χ3n) is 4.44. The molecule has 0 amide bonds. The highest BCUT2D eigenvalue weighted by atomic mass is 32.2. The molecule has 0 saturated carbocycles. The number of hydrogen-bond acceptors (Lipinski definition) is 7. The van der Waals surface area contributed by atoms with Crippen molar-refractivity contribution in [2.45, 2.75) is 19.4 Å². The molecule has 3 heterocycles. The standard InChI is InChI=1S/C19H20N4O4S/c1-2-11-28(24,25)23-12-17(13-23)26-16-5-3-14(4-6-16)18-21-19(27-22-18)15-7-9-20-10-8-15/h3-10,17H,2,11-13H2,1H3. The zero-order valence-electron chi connectivity index (χ0n) is 15.4. The summed E-state index contributed by atoms with van der Waals surface area (Å²) in [6.07, 6.45) is 3.83. The lowest BCUT2D eigenvalue weighted by Gasteiger charge is -2.37. The Morgan fingerprint density at radius 1 is 1.11 bits per heavy atom. The van der Waals surface area contributed by atoms with Crippen LogP contribution in [0.25, 0.3) is 22.8 Å². The molecule has 8 nitrogen and oxygen atoms in total. The molecule has 0 atom stereocenters. The zero-order chi connectivity index (χ0) is 19.6. The molecule has 4 rings (SSSR count). The number of rotatable bonds is 7. The van der Waals surface area contributed by atoms with E-state index in [4.69, 9.17) is 9.26 Å². The lowest BCUT2D eigenvalue weighted by Crippen LogP contribution is -2.56. The summed E-state index contributed by atoms with van der Waals surface area (Å²) >= 11 is 0. The Labute approximate surface area is 163 Å². The van der Waals surface area contributed by atoms with Gasteiger partial charge in [-0.1, -0.05) is 12.1 Å². The Morgan fingerprint density at radius 2 is 1.82 bits per heavy atom. The molecule has 1 aliphatic heterocycles. The molecule has 0 radical (unpaired) electrons. The maximum absolute atomic E-state index is 12.0. The summed E-state index contributed by atoms with van der Waals surface area (Å²) in [7, 11) is -3.14. The fourth-order valence-electron chi connectivity index (χ4n) is 2.92. The Balaban J connectivity index is 1.37. The van der Waals surface area contributed by atoms with Gasteiger partial charge in [-0.05, 0) is 42.8 Å². The Bertz CT molecular complexity index is 1030. The number of sulfonamides is 1. The van der Waals surface area contributed by atoms with Gasteiger partial charge in [-0.2, -0.15) is 9.29 Å². The first kappa shape index (κ1) is 18.6. The minimum Gasteiger partial charge on any atom is -0.488 e. The largest absolute Gasteiger partial charge is 0.488 e. The molecule has 0 aliphatic carbocycles. The van der Waals surface area contributed by atoms with Crippen molar-refractivity contribution in [3.8, 4) is 28.6 Å². The molecule has 0 unspecified atom stereocenters. The maximum atomic E-state index is 12.0. The molecule has 0 spiro atoms. The second-order valence-corrected chi connectivity index (χ2v) is 8.64. The van der Waals surface area contributed by atoms with Crippen molar-refractivity contribution in [2.75, 3.05) is 18.8 Å². The predicted molar refractivity (Wildman–Crippen MR) is 103 cm³/mol. The van der Waals surface area contributed by atoms with Gasteiger partial charge in [-0.15, -0.1) is 0 Å². The molecule has 28 heavy (non-hydrogen) atoms. The van der Waals surface area contributed by atoms with Crippen LogP contribution in [0.15, 0.2) is 53.3 Å². The molecular formula is C19H20N4O4S.